The van der Waals surface area contributed by atoms with Gasteiger partial charge in [0.25, 0.3) is 5.56 Å². The zero-order valence-electron chi connectivity index (χ0n) is 12.5. The highest BCUT2D eigenvalue weighted by Gasteiger charge is 2.13. The first-order chi connectivity index (χ1) is 11.1. The van der Waals surface area contributed by atoms with Gasteiger partial charge in [0, 0.05) is 31.2 Å². The number of hydrogen-bond donors (Lipinski definition) is 0. The first kappa shape index (κ1) is 14.7. The summed E-state index contributed by atoms with van der Waals surface area (Å²) < 4.78 is 2.67. The van der Waals surface area contributed by atoms with Gasteiger partial charge in [0.15, 0.2) is 5.82 Å². The number of para-hydroxylation sites is 1. The summed E-state index contributed by atoms with van der Waals surface area (Å²) in [5, 5.41) is 8.25. The molecule has 0 saturated heterocycles. The number of hydrogen-bond acceptors (Lipinski definition) is 4. The molecule has 0 aliphatic heterocycles. The quantitative estimate of drug-likeness (QED) is 0.723. The third kappa shape index (κ3) is 3.18. The van der Waals surface area contributed by atoms with E-state index in [4.69, 9.17) is 0 Å². The Bertz CT molecular complexity index is 856. The van der Waals surface area contributed by atoms with Crippen molar-refractivity contribution in [1.82, 2.24) is 19.6 Å². The Morgan fingerprint density at radius 2 is 1.91 bits per heavy atom. The van der Waals surface area contributed by atoms with Crippen molar-refractivity contribution >= 4 is 11.6 Å². The average molecular weight is 309 g/mol. The summed E-state index contributed by atoms with van der Waals surface area (Å²) in [6, 6.07) is 13.9. The number of amides is 1. The van der Waals surface area contributed by atoms with Crippen LogP contribution in [0.1, 0.15) is 0 Å². The van der Waals surface area contributed by atoms with Gasteiger partial charge in [0.2, 0.25) is 5.91 Å². The molecular weight excluding hydrogens is 294 g/mol. The lowest BCUT2D eigenvalue weighted by atomic mass is 10.3. The largest absolute Gasteiger partial charge is 0.314 e. The number of likely N-dealkylation sites (N-methyl/N-ethyl adjacent to an activating group) is 1. The Morgan fingerprint density at radius 1 is 1.13 bits per heavy atom. The molecule has 0 saturated carbocycles. The summed E-state index contributed by atoms with van der Waals surface area (Å²) in [4.78, 5) is 25.8. The van der Waals surface area contributed by atoms with Gasteiger partial charge in [-0.15, -0.1) is 5.10 Å². The normalized spacial score (nSPS) is 10.5. The summed E-state index contributed by atoms with van der Waals surface area (Å²) >= 11 is 0. The summed E-state index contributed by atoms with van der Waals surface area (Å²) in [5.74, 6) is 0.244. The van der Waals surface area contributed by atoms with E-state index in [9.17, 15) is 9.59 Å². The van der Waals surface area contributed by atoms with Crippen LogP contribution in [0, 0.1) is 0 Å². The third-order valence-corrected chi connectivity index (χ3v) is 3.39. The highest BCUT2D eigenvalue weighted by Crippen LogP contribution is 2.11. The molecule has 0 spiro atoms. The molecule has 1 aromatic carbocycles. The number of carbonyl (C=O) groups is 1. The van der Waals surface area contributed by atoms with Gasteiger partial charge in [-0.1, -0.05) is 18.2 Å². The molecular formula is C16H15N5O2. The van der Waals surface area contributed by atoms with E-state index in [1.165, 1.54) is 15.6 Å². The van der Waals surface area contributed by atoms with Crippen molar-refractivity contribution in [2.45, 2.75) is 6.54 Å². The van der Waals surface area contributed by atoms with Crippen LogP contribution in [0.2, 0.25) is 0 Å². The molecule has 116 valence electrons. The molecule has 2 aromatic heterocycles. The number of nitrogens with zero attached hydrogens (tertiary/aromatic N) is 5. The SMILES string of the molecule is CN(C(=O)Cn1nc(-n2cccn2)ccc1=O)c1ccccc1. The van der Waals surface area contributed by atoms with E-state index in [0.717, 1.165) is 10.4 Å². The van der Waals surface area contributed by atoms with E-state index in [1.54, 1.807) is 31.6 Å². The van der Waals surface area contributed by atoms with E-state index in [-0.39, 0.29) is 18.0 Å². The Labute approximate surface area is 132 Å². The zero-order valence-corrected chi connectivity index (χ0v) is 12.5. The maximum Gasteiger partial charge on any atom is 0.267 e. The molecule has 23 heavy (non-hydrogen) atoms. The lowest BCUT2D eigenvalue weighted by molar-refractivity contribution is -0.119. The van der Waals surface area contributed by atoms with Crippen molar-refractivity contribution in [3.63, 3.8) is 0 Å². The summed E-state index contributed by atoms with van der Waals surface area (Å²) in [6.07, 6.45) is 3.33. The Balaban J connectivity index is 1.84. The molecule has 7 heteroatoms. The lowest BCUT2D eigenvalue weighted by Gasteiger charge is -2.17. The fourth-order valence-electron chi connectivity index (χ4n) is 2.11. The highest BCUT2D eigenvalue weighted by atomic mass is 16.2. The second-order valence-electron chi connectivity index (χ2n) is 4.93. The fourth-order valence-corrected chi connectivity index (χ4v) is 2.11. The van der Waals surface area contributed by atoms with Crippen LogP contribution in [-0.4, -0.2) is 32.5 Å². The molecule has 0 fully saturated rings. The van der Waals surface area contributed by atoms with Gasteiger partial charge in [-0.25, -0.2) is 9.36 Å². The molecule has 1 amide bonds. The van der Waals surface area contributed by atoms with Gasteiger partial charge < -0.3 is 4.90 Å². The smallest absolute Gasteiger partial charge is 0.267 e. The predicted molar refractivity (Wildman–Crippen MR) is 85.5 cm³/mol. The fraction of sp³-hybridized carbons (Fsp3) is 0.125. The zero-order chi connectivity index (χ0) is 16.2. The van der Waals surface area contributed by atoms with E-state index < -0.39 is 0 Å². The van der Waals surface area contributed by atoms with Crippen LogP contribution in [0.15, 0.2) is 65.7 Å². The van der Waals surface area contributed by atoms with Crippen LogP contribution in [0.4, 0.5) is 5.69 Å². The van der Waals surface area contributed by atoms with Crippen molar-refractivity contribution in [1.29, 1.82) is 0 Å². The summed E-state index contributed by atoms with van der Waals surface area (Å²) in [5.41, 5.74) is 0.421. The Morgan fingerprint density at radius 3 is 2.61 bits per heavy atom. The molecule has 0 aliphatic carbocycles. The van der Waals surface area contributed by atoms with Crippen molar-refractivity contribution in [3.05, 3.63) is 71.3 Å². The minimum absolute atomic E-state index is 0.140. The van der Waals surface area contributed by atoms with Gasteiger partial charge in [0.05, 0.1) is 0 Å². The molecule has 7 nitrogen and oxygen atoms in total. The number of carbonyl (C=O) groups excluding carboxylic acids is 1. The summed E-state index contributed by atoms with van der Waals surface area (Å²) in [6.45, 7) is -0.140. The molecule has 0 aliphatic rings. The van der Waals surface area contributed by atoms with E-state index in [1.807, 2.05) is 30.3 Å². The molecule has 0 N–H and O–H groups in total. The molecule has 0 radical (unpaired) electrons. The van der Waals surface area contributed by atoms with Crippen LogP contribution in [-0.2, 0) is 11.3 Å². The molecule has 2 heterocycles. The third-order valence-electron chi connectivity index (χ3n) is 3.39. The summed E-state index contributed by atoms with van der Waals surface area (Å²) in [7, 11) is 1.67. The maximum atomic E-state index is 12.4. The van der Waals surface area contributed by atoms with Gasteiger partial charge in [-0.2, -0.15) is 5.10 Å². The second-order valence-corrected chi connectivity index (χ2v) is 4.93. The van der Waals surface area contributed by atoms with Gasteiger partial charge in [0.1, 0.15) is 6.54 Å². The average Bonchev–Trinajstić information content (AvgIpc) is 3.11. The standard InChI is InChI=1S/C16H15N5O2/c1-19(13-6-3-2-4-7-13)16(23)12-21-15(22)9-8-14(18-21)20-11-5-10-17-20/h2-11H,12H2,1H3. The van der Waals surface area contributed by atoms with Gasteiger partial charge in [-0.3, -0.25) is 9.59 Å². The molecule has 0 unspecified atom stereocenters. The van der Waals surface area contributed by atoms with Gasteiger partial charge >= 0.3 is 0 Å². The number of benzene rings is 1. The van der Waals surface area contributed by atoms with E-state index in [2.05, 4.69) is 10.2 Å². The lowest BCUT2D eigenvalue weighted by Crippen LogP contribution is -2.35. The van der Waals surface area contributed by atoms with Crippen molar-refractivity contribution in [3.8, 4) is 5.82 Å². The van der Waals surface area contributed by atoms with E-state index in [0.29, 0.717) is 5.82 Å². The Hall–Kier alpha value is -3.22. The first-order valence-electron chi connectivity index (χ1n) is 7.05. The maximum absolute atomic E-state index is 12.4. The van der Waals surface area contributed by atoms with Gasteiger partial charge in [-0.05, 0) is 24.3 Å². The molecule has 0 atom stereocenters. The highest BCUT2D eigenvalue weighted by molar-refractivity contribution is 5.92. The topological polar surface area (TPSA) is 73.0 Å². The number of anilines is 1. The molecule has 0 bridgehead atoms. The van der Waals surface area contributed by atoms with Crippen LogP contribution in [0.3, 0.4) is 0 Å². The second kappa shape index (κ2) is 6.27. The molecule has 3 aromatic rings. The van der Waals surface area contributed by atoms with Crippen LogP contribution >= 0.6 is 0 Å². The van der Waals surface area contributed by atoms with Crippen molar-refractivity contribution < 1.29 is 4.79 Å². The Kier molecular flexibility index (Phi) is 4.01. The minimum atomic E-state index is -0.337. The monoisotopic (exact) mass is 309 g/mol. The van der Waals surface area contributed by atoms with Crippen LogP contribution < -0.4 is 10.5 Å². The van der Waals surface area contributed by atoms with Crippen molar-refractivity contribution in [2.75, 3.05) is 11.9 Å². The minimum Gasteiger partial charge on any atom is -0.314 e. The molecule has 3 rings (SSSR count). The van der Waals surface area contributed by atoms with Crippen LogP contribution in [0.25, 0.3) is 5.82 Å². The first-order valence-corrected chi connectivity index (χ1v) is 7.05. The number of rotatable bonds is 4. The van der Waals surface area contributed by atoms with Crippen molar-refractivity contribution in [2.24, 2.45) is 0 Å². The van der Waals surface area contributed by atoms with Crippen LogP contribution in [0.5, 0.6) is 0 Å². The van der Waals surface area contributed by atoms with E-state index >= 15 is 0 Å². The number of aromatic nitrogens is 4. The predicted octanol–water partition coefficient (Wildman–Crippen LogP) is 1.09.